The summed E-state index contributed by atoms with van der Waals surface area (Å²) in [5.41, 5.74) is 0.801. The van der Waals surface area contributed by atoms with Crippen LogP contribution in [0.5, 0.6) is 0 Å². The summed E-state index contributed by atoms with van der Waals surface area (Å²) in [7, 11) is 0.386. The zero-order valence-corrected chi connectivity index (χ0v) is 9.53. The summed E-state index contributed by atoms with van der Waals surface area (Å²) in [5.74, 6) is -0.752. The smallest absolute Gasteiger partial charge is 0.319 e. The molecular formula is C9H14N2O3S. The molecule has 1 rings (SSSR count). The summed E-state index contributed by atoms with van der Waals surface area (Å²) in [4.78, 5) is 10.8. The van der Waals surface area contributed by atoms with Crippen LogP contribution < -0.4 is 0 Å². The van der Waals surface area contributed by atoms with Crippen molar-refractivity contribution in [1.29, 1.82) is 0 Å². The normalized spacial score (nSPS) is 14.8. The van der Waals surface area contributed by atoms with Crippen LogP contribution in [0.3, 0.4) is 0 Å². The van der Waals surface area contributed by atoms with Gasteiger partial charge in [0.2, 0.25) is 0 Å². The molecule has 0 amide bonds. The minimum atomic E-state index is -1.38. The lowest BCUT2D eigenvalue weighted by Crippen LogP contribution is -2.25. The van der Waals surface area contributed by atoms with Crippen molar-refractivity contribution in [3.8, 4) is 0 Å². The molecule has 1 aromatic rings. The molecule has 0 aliphatic carbocycles. The number of hydrogen-bond donors (Lipinski definition) is 1. The molecule has 0 saturated carbocycles. The number of aliphatic carboxylic acids is 1. The number of carbonyl (C=O) groups is 1. The highest BCUT2D eigenvalue weighted by atomic mass is 32.2. The number of carboxylic acid groups (broad SMARTS) is 1. The lowest BCUT2D eigenvalue weighted by molar-refractivity contribution is -0.136. The second-order valence-corrected chi connectivity index (χ2v) is 4.90. The van der Waals surface area contributed by atoms with Crippen molar-refractivity contribution >= 4 is 16.8 Å². The molecule has 15 heavy (non-hydrogen) atoms. The maximum Gasteiger partial charge on any atom is 0.319 e. The van der Waals surface area contributed by atoms with Crippen LogP contribution in [0.4, 0.5) is 0 Å². The summed E-state index contributed by atoms with van der Waals surface area (Å²) in [6, 6.07) is 0. The average molecular weight is 230 g/mol. The van der Waals surface area contributed by atoms with Crippen LogP contribution in [-0.2, 0) is 28.4 Å². The van der Waals surface area contributed by atoms with E-state index >= 15 is 0 Å². The molecule has 0 spiro atoms. The number of rotatable bonds is 5. The van der Waals surface area contributed by atoms with E-state index in [9.17, 15) is 9.00 Å². The van der Waals surface area contributed by atoms with E-state index in [2.05, 4.69) is 5.10 Å². The Morgan fingerprint density at radius 3 is 2.80 bits per heavy atom. The standard InChI is InChI=1S/C9H14N2O3S/c1-3-8(9(12)13)15(14)6-7-4-10-11(2)5-7/h4-5,8H,3,6H2,1-2H3,(H,12,13). The Kier molecular flexibility index (Phi) is 4.02. The van der Waals surface area contributed by atoms with E-state index in [1.807, 2.05) is 0 Å². The van der Waals surface area contributed by atoms with Gasteiger partial charge in [-0.1, -0.05) is 6.92 Å². The van der Waals surface area contributed by atoms with E-state index in [0.717, 1.165) is 5.56 Å². The van der Waals surface area contributed by atoms with E-state index in [-0.39, 0.29) is 5.75 Å². The second-order valence-electron chi connectivity index (χ2n) is 3.28. The van der Waals surface area contributed by atoms with Gasteiger partial charge in [0.15, 0.2) is 0 Å². The Labute approximate surface area is 90.6 Å². The van der Waals surface area contributed by atoms with Gasteiger partial charge in [-0.25, -0.2) is 0 Å². The fourth-order valence-electron chi connectivity index (χ4n) is 1.28. The average Bonchev–Trinajstić information content (AvgIpc) is 2.51. The van der Waals surface area contributed by atoms with Gasteiger partial charge in [0.1, 0.15) is 5.25 Å². The Balaban J connectivity index is 2.66. The molecule has 2 unspecified atom stereocenters. The second kappa shape index (κ2) is 5.06. The van der Waals surface area contributed by atoms with Crippen molar-refractivity contribution in [2.75, 3.05) is 0 Å². The van der Waals surface area contributed by atoms with Crippen LogP contribution in [0.25, 0.3) is 0 Å². The minimum absolute atomic E-state index is 0.249. The van der Waals surface area contributed by atoms with E-state index < -0.39 is 22.0 Å². The molecular weight excluding hydrogens is 216 g/mol. The van der Waals surface area contributed by atoms with Crippen molar-refractivity contribution in [3.05, 3.63) is 18.0 Å². The summed E-state index contributed by atoms with van der Waals surface area (Å²) < 4.78 is 13.3. The fourth-order valence-corrected chi connectivity index (χ4v) is 2.56. The van der Waals surface area contributed by atoms with E-state index in [1.54, 1.807) is 31.0 Å². The maximum absolute atomic E-state index is 11.7. The number of aryl methyl sites for hydroxylation is 1. The van der Waals surface area contributed by atoms with Gasteiger partial charge < -0.3 is 5.11 Å². The molecule has 1 heterocycles. The van der Waals surface area contributed by atoms with Crippen LogP contribution in [0, 0.1) is 0 Å². The molecule has 0 radical (unpaired) electrons. The molecule has 0 aromatic carbocycles. The maximum atomic E-state index is 11.7. The first-order valence-electron chi connectivity index (χ1n) is 4.62. The molecule has 1 aromatic heterocycles. The van der Waals surface area contributed by atoms with Gasteiger partial charge in [0, 0.05) is 29.6 Å². The van der Waals surface area contributed by atoms with Crippen LogP contribution in [-0.4, -0.2) is 30.3 Å². The highest BCUT2D eigenvalue weighted by Gasteiger charge is 2.22. The largest absolute Gasteiger partial charge is 0.480 e. The molecule has 5 nitrogen and oxygen atoms in total. The van der Waals surface area contributed by atoms with Gasteiger partial charge in [-0.2, -0.15) is 5.10 Å². The first kappa shape index (κ1) is 11.9. The minimum Gasteiger partial charge on any atom is -0.480 e. The number of aromatic nitrogens is 2. The zero-order chi connectivity index (χ0) is 11.4. The molecule has 2 atom stereocenters. The van der Waals surface area contributed by atoms with E-state index in [4.69, 9.17) is 5.11 Å². The Hall–Kier alpha value is -1.17. The molecule has 1 N–H and O–H groups in total. The van der Waals surface area contributed by atoms with E-state index in [0.29, 0.717) is 6.42 Å². The van der Waals surface area contributed by atoms with Crippen molar-refractivity contribution in [3.63, 3.8) is 0 Å². The molecule has 0 saturated heterocycles. The SMILES string of the molecule is CCC(C(=O)O)S(=O)Cc1cnn(C)c1. The quantitative estimate of drug-likeness (QED) is 0.801. The molecule has 0 fully saturated rings. The van der Waals surface area contributed by atoms with Gasteiger partial charge >= 0.3 is 5.97 Å². The van der Waals surface area contributed by atoms with Crippen molar-refractivity contribution < 1.29 is 14.1 Å². The molecule has 0 bridgehead atoms. The third-order valence-corrected chi connectivity index (χ3v) is 3.82. The van der Waals surface area contributed by atoms with Crippen LogP contribution in [0.15, 0.2) is 12.4 Å². The lowest BCUT2D eigenvalue weighted by atomic mass is 10.3. The van der Waals surface area contributed by atoms with Crippen LogP contribution in [0.2, 0.25) is 0 Å². The van der Waals surface area contributed by atoms with Crippen LogP contribution in [0.1, 0.15) is 18.9 Å². The lowest BCUT2D eigenvalue weighted by Gasteiger charge is -2.07. The van der Waals surface area contributed by atoms with Gasteiger partial charge in [0.25, 0.3) is 0 Å². The van der Waals surface area contributed by atoms with Gasteiger partial charge in [-0.05, 0) is 6.42 Å². The summed E-state index contributed by atoms with van der Waals surface area (Å²) in [5, 5.41) is 12.0. The highest BCUT2D eigenvalue weighted by molar-refractivity contribution is 7.85. The van der Waals surface area contributed by atoms with Gasteiger partial charge in [-0.15, -0.1) is 0 Å². The fraction of sp³-hybridized carbons (Fsp3) is 0.556. The molecule has 0 aliphatic heterocycles. The topological polar surface area (TPSA) is 72.2 Å². The number of hydrogen-bond acceptors (Lipinski definition) is 3. The Morgan fingerprint density at radius 1 is 1.73 bits per heavy atom. The third-order valence-electron chi connectivity index (χ3n) is 2.03. The first-order valence-corrected chi connectivity index (χ1v) is 6.00. The van der Waals surface area contributed by atoms with Crippen LogP contribution >= 0.6 is 0 Å². The van der Waals surface area contributed by atoms with Crippen molar-refractivity contribution in [1.82, 2.24) is 9.78 Å². The first-order chi connectivity index (χ1) is 7.04. The van der Waals surface area contributed by atoms with Crippen molar-refractivity contribution in [2.24, 2.45) is 7.05 Å². The van der Waals surface area contributed by atoms with E-state index in [1.165, 1.54) is 0 Å². The van der Waals surface area contributed by atoms with Crippen molar-refractivity contribution in [2.45, 2.75) is 24.3 Å². The monoisotopic (exact) mass is 230 g/mol. The molecule has 6 heteroatoms. The number of nitrogens with zero attached hydrogens (tertiary/aromatic N) is 2. The predicted octanol–water partition coefficient (Wildman–Crippen LogP) is 0.532. The Morgan fingerprint density at radius 2 is 2.40 bits per heavy atom. The van der Waals surface area contributed by atoms with Gasteiger partial charge in [-0.3, -0.25) is 13.7 Å². The zero-order valence-electron chi connectivity index (χ0n) is 8.71. The third kappa shape index (κ3) is 3.16. The summed E-state index contributed by atoms with van der Waals surface area (Å²) in [6.07, 6.45) is 3.72. The number of carboxylic acids is 1. The highest BCUT2D eigenvalue weighted by Crippen LogP contribution is 2.09. The predicted molar refractivity (Wildman–Crippen MR) is 56.8 cm³/mol. The summed E-state index contributed by atoms with van der Waals surface area (Å²) in [6.45, 7) is 1.72. The van der Waals surface area contributed by atoms with Gasteiger partial charge in [0.05, 0.1) is 11.9 Å². The molecule has 84 valence electrons. The molecule has 0 aliphatic rings. The summed E-state index contributed by atoms with van der Waals surface area (Å²) >= 11 is 0. The Bertz CT molecular complexity index is 375.